The second-order valence-electron chi connectivity index (χ2n) is 5.36. The van der Waals surface area contributed by atoms with Crippen LogP contribution in [0.3, 0.4) is 0 Å². The van der Waals surface area contributed by atoms with E-state index in [4.69, 9.17) is 9.84 Å². The molecule has 0 radical (unpaired) electrons. The van der Waals surface area contributed by atoms with Crippen LogP contribution in [0.5, 0.6) is 5.75 Å². The molecule has 0 saturated heterocycles. The van der Waals surface area contributed by atoms with Crippen LogP contribution in [0.15, 0.2) is 24.3 Å². The van der Waals surface area contributed by atoms with E-state index < -0.39 is 11.4 Å². The van der Waals surface area contributed by atoms with Crippen molar-refractivity contribution in [1.29, 1.82) is 0 Å². The largest absolute Gasteiger partial charge is 0.493 e. The highest BCUT2D eigenvalue weighted by atomic mass is 127. The average molecular weight is 344 g/mol. The second-order valence-corrected chi connectivity index (χ2v) is 6.61. The van der Waals surface area contributed by atoms with Crippen LogP contribution in [-0.4, -0.2) is 17.7 Å². The summed E-state index contributed by atoms with van der Waals surface area (Å²) in [5.41, 5.74) is -0.242. The summed E-state index contributed by atoms with van der Waals surface area (Å²) in [4.78, 5) is 11.0. The summed E-state index contributed by atoms with van der Waals surface area (Å²) >= 11 is 2.25. The van der Waals surface area contributed by atoms with Gasteiger partial charge in [0.15, 0.2) is 0 Å². The number of hydrogen-bond acceptors (Lipinski definition) is 2. The molecule has 2 bridgehead atoms. The summed E-state index contributed by atoms with van der Waals surface area (Å²) in [7, 11) is 0. The van der Waals surface area contributed by atoms with Crippen molar-refractivity contribution in [1.82, 2.24) is 0 Å². The summed E-state index contributed by atoms with van der Waals surface area (Å²) < 4.78 is 6.91. The van der Waals surface area contributed by atoms with E-state index >= 15 is 0 Å². The maximum atomic E-state index is 11.0. The molecular weight excluding hydrogens is 331 g/mol. The predicted octanol–water partition coefficient (Wildman–Crippen LogP) is 2.92. The number of carbonyl (C=O) groups is 1. The van der Waals surface area contributed by atoms with Crippen LogP contribution in [0, 0.1) is 14.4 Å². The van der Waals surface area contributed by atoms with Gasteiger partial charge in [0.25, 0.3) is 0 Å². The molecule has 90 valence electrons. The first kappa shape index (κ1) is 11.3. The molecule has 3 saturated carbocycles. The molecule has 0 heterocycles. The molecular formula is C13H13IO3. The number of carboxylic acid groups (broad SMARTS) is 1. The number of rotatable bonds is 4. The van der Waals surface area contributed by atoms with Gasteiger partial charge in [-0.3, -0.25) is 4.79 Å². The van der Waals surface area contributed by atoms with Crippen molar-refractivity contribution in [2.24, 2.45) is 10.8 Å². The minimum atomic E-state index is -0.631. The van der Waals surface area contributed by atoms with Crippen LogP contribution in [-0.2, 0) is 4.79 Å². The summed E-state index contributed by atoms with van der Waals surface area (Å²) in [5, 5.41) is 9.02. The highest BCUT2D eigenvalue weighted by Crippen LogP contribution is 2.73. The Bertz CT molecular complexity index is 464. The molecule has 3 aliphatic rings. The molecule has 1 N–H and O–H groups in total. The number of benzene rings is 1. The molecule has 3 aliphatic carbocycles. The molecule has 3 fully saturated rings. The van der Waals surface area contributed by atoms with Gasteiger partial charge in [-0.2, -0.15) is 0 Å². The fourth-order valence-electron chi connectivity index (χ4n) is 3.17. The second kappa shape index (κ2) is 3.60. The fraction of sp³-hybridized carbons (Fsp3) is 0.462. The van der Waals surface area contributed by atoms with Gasteiger partial charge in [0.2, 0.25) is 0 Å². The van der Waals surface area contributed by atoms with E-state index in [1.54, 1.807) is 0 Å². The number of ether oxygens (including phenoxy) is 1. The summed E-state index contributed by atoms with van der Waals surface area (Å²) in [6.45, 7) is 0.655. The van der Waals surface area contributed by atoms with Crippen LogP contribution in [0.25, 0.3) is 0 Å². The molecule has 0 aromatic heterocycles. The Morgan fingerprint density at radius 1 is 1.41 bits per heavy atom. The maximum Gasteiger partial charge on any atom is 0.309 e. The summed E-state index contributed by atoms with van der Waals surface area (Å²) in [6.07, 6.45) is 2.37. The Morgan fingerprint density at radius 2 is 2.12 bits per heavy atom. The van der Waals surface area contributed by atoms with Crippen LogP contribution in [0.4, 0.5) is 0 Å². The standard InChI is InChI=1S/C13H13IO3/c14-9-2-1-3-10(4-9)17-8-12-5-13(6-12,7-12)11(15)16/h1-4H,5-8H2,(H,15,16). The first-order chi connectivity index (χ1) is 8.04. The van der Waals surface area contributed by atoms with Gasteiger partial charge in [-0.25, -0.2) is 0 Å². The van der Waals surface area contributed by atoms with Gasteiger partial charge in [0.1, 0.15) is 5.75 Å². The first-order valence-corrected chi connectivity index (χ1v) is 6.73. The highest BCUT2D eigenvalue weighted by molar-refractivity contribution is 14.1. The number of carboxylic acids is 1. The van der Waals surface area contributed by atoms with Crippen LogP contribution in [0.2, 0.25) is 0 Å². The lowest BCUT2D eigenvalue weighted by Crippen LogP contribution is -2.67. The lowest BCUT2D eigenvalue weighted by atomic mass is 9.35. The number of halogens is 1. The van der Waals surface area contributed by atoms with E-state index in [1.165, 1.54) is 0 Å². The topological polar surface area (TPSA) is 46.5 Å². The maximum absolute atomic E-state index is 11.0. The minimum Gasteiger partial charge on any atom is -0.493 e. The minimum absolute atomic E-state index is 0.152. The Kier molecular flexibility index (Phi) is 2.40. The molecule has 1 aromatic rings. The van der Waals surface area contributed by atoms with Crippen LogP contribution < -0.4 is 4.74 Å². The monoisotopic (exact) mass is 344 g/mol. The molecule has 4 rings (SSSR count). The zero-order valence-corrected chi connectivity index (χ0v) is 11.4. The van der Waals surface area contributed by atoms with Crippen molar-refractivity contribution >= 4 is 28.6 Å². The normalized spacial score (nSPS) is 33.5. The van der Waals surface area contributed by atoms with Gasteiger partial charge >= 0.3 is 5.97 Å². The lowest BCUT2D eigenvalue weighted by Gasteiger charge is -2.67. The number of aliphatic carboxylic acids is 1. The van der Waals surface area contributed by atoms with Crippen LogP contribution >= 0.6 is 22.6 Å². The molecule has 4 heteroatoms. The molecule has 3 nitrogen and oxygen atoms in total. The van der Waals surface area contributed by atoms with Crippen molar-refractivity contribution in [3.05, 3.63) is 27.8 Å². The van der Waals surface area contributed by atoms with Crippen molar-refractivity contribution < 1.29 is 14.6 Å². The summed E-state index contributed by atoms with van der Waals surface area (Å²) in [5.74, 6) is 0.250. The van der Waals surface area contributed by atoms with Gasteiger partial charge in [-0.05, 0) is 60.1 Å². The number of hydrogen-bond donors (Lipinski definition) is 1. The first-order valence-electron chi connectivity index (χ1n) is 5.66. The molecule has 0 atom stereocenters. The zero-order chi connectivity index (χ0) is 12.1. The van der Waals surface area contributed by atoms with E-state index in [2.05, 4.69) is 22.6 Å². The Labute approximate surface area is 113 Å². The smallest absolute Gasteiger partial charge is 0.309 e. The van der Waals surface area contributed by atoms with Gasteiger partial charge in [-0.1, -0.05) is 6.07 Å². The fourth-order valence-corrected chi connectivity index (χ4v) is 3.69. The third-order valence-electron chi connectivity index (χ3n) is 3.93. The van der Waals surface area contributed by atoms with Gasteiger partial charge in [-0.15, -0.1) is 0 Å². The Hall–Kier alpha value is -0.780. The van der Waals surface area contributed by atoms with E-state index in [-0.39, 0.29) is 5.41 Å². The Morgan fingerprint density at radius 3 is 2.71 bits per heavy atom. The average Bonchev–Trinajstić information content (AvgIpc) is 2.13. The third-order valence-corrected chi connectivity index (χ3v) is 4.61. The molecule has 17 heavy (non-hydrogen) atoms. The highest BCUT2D eigenvalue weighted by Gasteiger charge is 2.72. The van der Waals surface area contributed by atoms with E-state index in [9.17, 15) is 4.79 Å². The van der Waals surface area contributed by atoms with Gasteiger partial charge < -0.3 is 9.84 Å². The molecule has 0 spiro atoms. The Balaban J connectivity index is 1.56. The van der Waals surface area contributed by atoms with Crippen LogP contribution in [0.1, 0.15) is 19.3 Å². The van der Waals surface area contributed by atoms with Gasteiger partial charge in [0.05, 0.1) is 12.0 Å². The molecule has 0 aliphatic heterocycles. The van der Waals surface area contributed by atoms with Crippen molar-refractivity contribution in [3.63, 3.8) is 0 Å². The van der Waals surface area contributed by atoms with Crippen molar-refractivity contribution in [2.45, 2.75) is 19.3 Å². The quantitative estimate of drug-likeness (QED) is 0.855. The molecule has 0 amide bonds. The van der Waals surface area contributed by atoms with Crippen molar-refractivity contribution in [3.8, 4) is 5.75 Å². The SMILES string of the molecule is O=C(O)C12CC(COc3cccc(I)c3)(C1)C2. The molecule has 1 aromatic carbocycles. The molecule has 0 unspecified atom stereocenters. The van der Waals surface area contributed by atoms with E-state index in [1.807, 2.05) is 24.3 Å². The lowest BCUT2D eigenvalue weighted by molar-refractivity contribution is -0.231. The summed E-state index contributed by atoms with van der Waals surface area (Å²) in [6, 6.07) is 7.94. The van der Waals surface area contributed by atoms with Crippen molar-refractivity contribution in [2.75, 3.05) is 6.61 Å². The zero-order valence-electron chi connectivity index (χ0n) is 9.28. The predicted molar refractivity (Wildman–Crippen MR) is 71.0 cm³/mol. The van der Waals surface area contributed by atoms with Gasteiger partial charge in [0, 0.05) is 8.99 Å². The van der Waals surface area contributed by atoms with E-state index in [0.29, 0.717) is 6.61 Å². The van der Waals surface area contributed by atoms with E-state index in [0.717, 1.165) is 28.6 Å². The third kappa shape index (κ3) is 1.73.